The highest BCUT2D eigenvalue weighted by Gasteiger charge is 2.57. The summed E-state index contributed by atoms with van der Waals surface area (Å²) in [5.41, 5.74) is 1.14. The largest absolute Gasteiger partial charge is 0.425 e. The van der Waals surface area contributed by atoms with Gasteiger partial charge in [-0.1, -0.05) is 12.1 Å². The first-order valence-corrected chi connectivity index (χ1v) is 11.2. The molecule has 3 aromatic rings. The molecule has 0 radical (unpaired) electrons. The van der Waals surface area contributed by atoms with E-state index in [0.29, 0.717) is 11.4 Å². The van der Waals surface area contributed by atoms with Gasteiger partial charge in [0.15, 0.2) is 0 Å². The summed E-state index contributed by atoms with van der Waals surface area (Å²) < 4.78 is 58.0. The van der Waals surface area contributed by atoms with Crippen molar-refractivity contribution in [2.75, 3.05) is 18.9 Å². The van der Waals surface area contributed by atoms with E-state index >= 15 is 0 Å². The van der Waals surface area contributed by atoms with Crippen LogP contribution in [0.2, 0.25) is 0 Å². The SMILES string of the molecule is C=CCn1cc(C(O)(c2ccc(Nc3ccc(F)cc3)c(C=NC)c2)C(F)(F)F)cc1C(=O)NCC(N)=O. The number of halogens is 4. The Hall–Kier alpha value is -4.45. The molecule has 1 unspecified atom stereocenters. The van der Waals surface area contributed by atoms with Gasteiger partial charge in [-0.25, -0.2) is 4.39 Å². The zero-order valence-corrected chi connectivity index (χ0v) is 20.2. The van der Waals surface area contributed by atoms with Gasteiger partial charge in [-0.15, -0.1) is 6.58 Å². The van der Waals surface area contributed by atoms with Gasteiger partial charge in [0, 0.05) is 48.5 Å². The number of nitrogens with one attached hydrogen (secondary N) is 2. The number of aliphatic imine (C=N–C) groups is 1. The van der Waals surface area contributed by atoms with Crippen LogP contribution in [0.3, 0.4) is 0 Å². The van der Waals surface area contributed by atoms with Crippen molar-refractivity contribution in [3.63, 3.8) is 0 Å². The molecule has 0 saturated heterocycles. The van der Waals surface area contributed by atoms with E-state index in [1.807, 2.05) is 0 Å². The summed E-state index contributed by atoms with van der Waals surface area (Å²) in [6, 6.07) is 9.77. The topological polar surface area (TPSA) is 122 Å². The Bertz CT molecular complexity index is 1370. The van der Waals surface area contributed by atoms with E-state index in [1.54, 1.807) is 0 Å². The number of amides is 2. The van der Waals surface area contributed by atoms with Gasteiger partial charge in [0.05, 0.1) is 6.54 Å². The number of alkyl halides is 3. The van der Waals surface area contributed by atoms with Crippen LogP contribution in [0, 0.1) is 5.82 Å². The zero-order chi connectivity index (χ0) is 28.1. The van der Waals surface area contributed by atoms with Crippen LogP contribution in [-0.4, -0.2) is 47.5 Å². The average Bonchev–Trinajstić information content (AvgIpc) is 3.28. The Kier molecular flexibility index (Phi) is 8.36. The number of hydrogen-bond donors (Lipinski definition) is 4. The van der Waals surface area contributed by atoms with Crippen molar-refractivity contribution < 1.29 is 32.3 Å². The highest BCUT2D eigenvalue weighted by Crippen LogP contribution is 2.45. The van der Waals surface area contributed by atoms with E-state index in [4.69, 9.17) is 5.73 Å². The quantitative estimate of drug-likeness (QED) is 0.181. The van der Waals surface area contributed by atoms with Gasteiger partial charge in [0.1, 0.15) is 11.5 Å². The molecule has 1 heterocycles. The smallest absolute Gasteiger partial charge is 0.372 e. The number of benzene rings is 2. The first-order chi connectivity index (χ1) is 17.9. The molecule has 5 N–H and O–H groups in total. The first-order valence-electron chi connectivity index (χ1n) is 11.2. The molecule has 0 spiro atoms. The van der Waals surface area contributed by atoms with E-state index in [1.165, 1.54) is 49.7 Å². The molecule has 8 nitrogen and oxygen atoms in total. The van der Waals surface area contributed by atoms with Gasteiger partial charge in [0.2, 0.25) is 11.5 Å². The van der Waals surface area contributed by atoms with Crippen molar-refractivity contribution >= 4 is 29.4 Å². The minimum Gasteiger partial charge on any atom is -0.372 e. The number of carbonyl (C=O) groups excluding carboxylic acids is 2. The molecule has 200 valence electrons. The molecule has 1 atom stereocenters. The molecular formula is C26H25F4N5O3. The highest BCUT2D eigenvalue weighted by atomic mass is 19.4. The second-order valence-electron chi connectivity index (χ2n) is 8.23. The number of anilines is 2. The van der Waals surface area contributed by atoms with E-state index < -0.39 is 47.1 Å². The Morgan fingerprint density at radius 2 is 1.82 bits per heavy atom. The lowest BCUT2D eigenvalue weighted by molar-refractivity contribution is -0.248. The van der Waals surface area contributed by atoms with Gasteiger partial charge in [0.25, 0.3) is 5.91 Å². The van der Waals surface area contributed by atoms with Crippen molar-refractivity contribution in [1.82, 2.24) is 9.88 Å². The van der Waals surface area contributed by atoms with Crippen LogP contribution in [-0.2, 0) is 16.9 Å². The van der Waals surface area contributed by atoms with Crippen molar-refractivity contribution in [3.8, 4) is 0 Å². The fraction of sp³-hybridized carbons (Fsp3) is 0.192. The molecule has 2 amide bonds. The summed E-state index contributed by atoms with van der Waals surface area (Å²) in [5, 5.41) is 16.4. The fourth-order valence-electron chi connectivity index (χ4n) is 3.78. The van der Waals surface area contributed by atoms with Crippen LogP contribution in [0.25, 0.3) is 0 Å². The van der Waals surface area contributed by atoms with Crippen LogP contribution in [0.15, 0.2) is 72.4 Å². The lowest BCUT2D eigenvalue weighted by Crippen LogP contribution is -2.43. The molecule has 0 aliphatic carbocycles. The van der Waals surface area contributed by atoms with Gasteiger partial charge in [-0.2, -0.15) is 13.2 Å². The summed E-state index contributed by atoms with van der Waals surface area (Å²) in [7, 11) is 1.43. The second-order valence-corrected chi connectivity index (χ2v) is 8.23. The molecule has 38 heavy (non-hydrogen) atoms. The van der Waals surface area contributed by atoms with Gasteiger partial charge in [-0.3, -0.25) is 14.6 Å². The number of rotatable bonds is 10. The summed E-state index contributed by atoms with van der Waals surface area (Å²) in [4.78, 5) is 27.5. The Balaban J connectivity index is 2.12. The van der Waals surface area contributed by atoms with Crippen molar-refractivity contribution in [3.05, 3.63) is 95.6 Å². The summed E-state index contributed by atoms with van der Waals surface area (Å²) in [6.07, 6.45) is -1.56. The standard InChI is InChI=1S/C26H25F4N5O3/c1-3-10-35-15-18(12-22(35)24(37)33-14-23(31)36)25(38,26(28,29)30)17-4-9-21(16(11-17)13-32-2)34-20-7-5-19(27)6-8-20/h3-9,11-13,15,34,38H,1,10,14H2,2H3,(H2,31,36)(H,33,37). The third kappa shape index (κ3) is 5.92. The molecule has 0 saturated carbocycles. The van der Waals surface area contributed by atoms with Gasteiger partial charge < -0.3 is 26.0 Å². The van der Waals surface area contributed by atoms with Crippen LogP contribution in [0.4, 0.5) is 28.9 Å². The second kappa shape index (κ2) is 11.3. The molecule has 0 aliphatic heterocycles. The van der Waals surface area contributed by atoms with Crippen LogP contribution >= 0.6 is 0 Å². The van der Waals surface area contributed by atoms with Crippen molar-refractivity contribution in [2.45, 2.75) is 18.3 Å². The summed E-state index contributed by atoms with van der Waals surface area (Å²) in [5.74, 6) is -2.16. The number of nitrogens with two attached hydrogens (primary N) is 1. The number of carbonyl (C=O) groups is 2. The predicted octanol–water partition coefficient (Wildman–Crippen LogP) is 3.62. The minimum absolute atomic E-state index is 0.0540. The Morgan fingerprint density at radius 3 is 2.39 bits per heavy atom. The van der Waals surface area contributed by atoms with Gasteiger partial charge >= 0.3 is 6.18 Å². The summed E-state index contributed by atoms with van der Waals surface area (Å²) in [6.45, 7) is 2.95. The molecule has 0 fully saturated rings. The number of aromatic nitrogens is 1. The lowest BCUT2D eigenvalue weighted by atomic mass is 9.86. The normalized spacial score (nSPS) is 13.2. The highest BCUT2D eigenvalue weighted by molar-refractivity contribution is 5.95. The molecular weight excluding hydrogens is 506 g/mol. The van der Waals surface area contributed by atoms with Crippen molar-refractivity contribution in [1.29, 1.82) is 0 Å². The monoisotopic (exact) mass is 531 g/mol. The summed E-state index contributed by atoms with van der Waals surface area (Å²) >= 11 is 0. The number of nitrogens with zero attached hydrogens (tertiary/aromatic N) is 2. The molecule has 3 rings (SSSR count). The van der Waals surface area contributed by atoms with Gasteiger partial charge in [-0.05, 0) is 48.0 Å². The van der Waals surface area contributed by atoms with E-state index in [0.717, 1.165) is 29.0 Å². The third-order valence-electron chi connectivity index (χ3n) is 5.57. The Labute approximate surface area is 215 Å². The number of primary amides is 1. The van der Waals surface area contributed by atoms with Crippen LogP contribution < -0.4 is 16.4 Å². The van der Waals surface area contributed by atoms with E-state index in [2.05, 4.69) is 22.2 Å². The maximum Gasteiger partial charge on any atom is 0.425 e. The maximum atomic E-state index is 14.5. The fourth-order valence-corrected chi connectivity index (χ4v) is 3.78. The molecule has 1 aromatic heterocycles. The zero-order valence-electron chi connectivity index (χ0n) is 20.2. The maximum absolute atomic E-state index is 14.5. The van der Waals surface area contributed by atoms with E-state index in [9.17, 15) is 32.3 Å². The molecule has 0 aliphatic rings. The number of hydrogen-bond acceptors (Lipinski definition) is 5. The number of allylic oxidation sites excluding steroid dienone is 1. The average molecular weight is 532 g/mol. The molecule has 12 heteroatoms. The van der Waals surface area contributed by atoms with E-state index in [-0.39, 0.29) is 17.8 Å². The lowest BCUT2D eigenvalue weighted by Gasteiger charge is -2.31. The predicted molar refractivity (Wildman–Crippen MR) is 135 cm³/mol. The third-order valence-corrected chi connectivity index (χ3v) is 5.57. The minimum atomic E-state index is -5.21. The molecule has 0 bridgehead atoms. The van der Waals surface area contributed by atoms with Crippen LogP contribution in [0.5, 0.6) is 0 Å². The molecule has 2 aromatic carbocycles. The first kappa shape index (κ1) is 28.1. The van der Waals surface area contributed by atoms with Crippen LogP contribution in [0.1, 0.15) is 27.2 Å². The van der Waals surface area contributed by atoms with Crippen molar-refractivity contribution in [2.24, 2.45) is 10.7 Å². The Morgan fingerprint density at radius 1 is 1.13 bits per heavy atom. The number of aliphatic hydroxyl groups is 1.